The van der Waals surface area contributed by atoms with E-state index in [0.717, 1.165) is 37.0 Å². The van der Waals surface area contributed by atoms with E-state index in [0.29, 0.717) is 51.2 Å². The predicted octanol–water partition coefficient (Wildman–Crippen LogP) is 1.76. The number of ether oxygens (including phenoxy) is 1. The number of hydrogen-bond donors (Lipinski definition) is 0. The lowest BCUT2D eigenvalue weighted by Crippen LogP contribution is -2.47. The van der Waals surface area contributed by atoms with Crippen molar-refractivity contribution in [1.82, 2.24) is 19.9 Å². The van der Waals surface area contributed by atoms with Gasteiger partial charge in [0, 0.05) is 57.1 Å². The van der Waals surface area contributed by atoms with Gasteiger partial charge in [-0.2, -0.15) is 18.2 Å². The summed E-state index contributed by atoms with van der Waals surface area (Å²) in [7, 11) is 0. The van der Waals surface area contributed by atoms with E-state index in [4.69, 9.17) is 9.72 Å². The van der Waals surface area contributed by atoms with E-state index in [9.17, 15) is 13.2 Å². The lowest BCUT2D eigenvalue weighted by Gasteiger charge is -2.36. The van der Waals surface area contributed by atoms with Crippen molar-refractivity contribution in [2.24, 2.45) is 0 Å². The topological polar surface area (TPSA) is 70.5 Å². The van der Waals surface area contributed by atoms with Gasteiger partial charge in [-0.1, -0.05) is 0 Å². The summed E-state index contributed by atoms with van der Waals surface area (Å²) in [6.07, 6.45) is -3.51. The van der Waals surface area contributed by atoms with Crippen LogP contribution in [0.5, 0.6) is 0 Å². The highest BCUT2D eigenvalue weighted by Gasteiger charge is 2.33. The van der Waals surface area contributed by atoms with Crippen LogP contribution in [0.25, 0.3) is 0 Å². The molecule has 0 unspecified atom stereocenters. The summed E-state index contributed by atoms with van der Waals surface area (Å²) in [5.41, 5.74) is -0.0453. The molecule has 4 rings (SSSR count). The van der Waals surface area contributed by atoms with E-state index in [-0.39, 0.29) is 0 Å². The third kappa shape index (κ3) is 4.50. The minimum absolute atomic E-state index is 0.292. The Labute approximate surface area is 166 Å². The first-order valence-electron chi connectivity index (χ1n) is 9.48. The van der Waals surface area contributed by atoms with E-state index in [1.54, 1.807) is 0 Å². The van der Waals surface area contributed by atoms with Crippen LogP contribution in [0, 0.1) is 6.92 Å². The molecule has 2 aliphatic rings. The van der Waals surface area contributed by atoms with Gasteiger partial charge in [-0.3, -0.25) is 0 Å². The van der Waals surface area contributed by atoms with E-state index in [2.05, 4.69) is 24.8 Å². The van der Waals surface area contributed by atoms with Crippen LogP contribution in [-0.4, -0.2) is 72.4 Å². The highest BCUT2D eigenvalue weighted by atomic mass is 19.4. The number of piperazine rings is 1. The van der Waals surface area contributed by atoms with Gasteiger partial charge < -0.3 is 19.4 Å². The first kappa shape index (κ1) is 19.6. The Balaban J connectivity index is 1.45. The maximum Gasteiger partial charge on any atom is 0.433 e. The number of aryl methyl sites for hydroxylation is 1. The van der Waals surface area contributed by atoms with Crippen LogP contribution in [0.4, 0.5) is 30.8 Å². The molecule has 4 heterocycles. The molecule has 8 nitrogen and oxygen atoms in total. The highest BCUT2D eigenvalue weighted by Crippen LogP contribution is 2.29. The molecule has 0 radical (unpaired) electrons. The van der Waals surface area contributed by atoms with Gasteiger partial charge in [0.05, 0.1) is 13.2 Å². The van der Waals surface area contributed by atoms with E-state index < -0.39 is 11.9 Å². The molecule has 2 aromatic heterocycles. The zero-order chi connectivity index (χ0) is 20.4. The van der Waals surface area contributed by atoms with Crippen LogP contribution in [0.1, 0.15) is 11.4 Å². The molecule has 29 heavy (non-hydrogen) atoms. The van der Waals surface area contributed by atoms with Gasteiger partial charge in [-0.25, -0.2) is 15.0 Å². The molecule has 0 saturated carbocycles. The van der Waals surface area contributed by atoms with E-state index >= 15 is 0 Å². The largest absolute Gasteiger partial charge is 0.433 e. The molecule has 2 fully saturated rings. The molecule has 2 aliphatic heterocycles. The quantitative estimate of drug-likeness (QED) is 0.760. The standard InChI is InChI=1S/C18H22F3N7O/c1-13-10-16(25-17(24-13)28-6-8-29-9-7-28)27-4-2-26(3-5-27)15-11-14(18(19,20)21)22-12-23-15/h10-12H,2-9H2,1H3. The second-order valence-electron chi connectivity index (χ2n) is 7.00. The van der Waals surface area contributed by atoms with Crippen LogP contribution in [0.2, 0.25) is 0 Å². The number of alkyl halides is 3. The smallest absolute Gasteiger partial charge is 0.378 e. The Morgan fingerprint density at radius 3 is 2.14 bits per heavy atom. The summed E-state index contributed by atoms with van der Waals surface area (Å²) in [5.74, 6) is 1.81. The third-order valence-electron chi connectivity index (χ3n) is 4.99. The Hall–Kier alpha value is -2.69. The molecule has 0 bridgehead atoms. The molecule has 156 valence electrons. The van der Waals surface area contributed by atoms with E-state index in [1.165, 1.54) is 0 Å². The zero-order valence-corrected chi connectivity index (χ0v) is 16.1. The molecule has 0 aromatic carbocycles. The fourth-order valence-electron chi connectivity index (χ4n) is 3.44. The predicted molar refractivity (Wildman–Crippen MR) is 101 cm³/mol. The van der Waals surface area contributed by atoms with Gasteiger partial charge in [0.2, 0.25) is 5.95 Å². The van der Waals surface area contributed by atoms with Gasteiger partial charge in [0.15, 0.2) is 0 Å². The molecule has 2 aromatic rings. The fourth-order valence-corrected chi connectivity index (χ4v) is 3.44. The van der Waals surface area contributed by atoms with Crippen LogP contribution in [0.3, 0.4) is 0 Å². The molecule has 2 saturated heterocycles. The first-order valence-corrected chi connectivity index (χ1v) is 9.48. The molecule has 0 atom stereocenters. The van der Waals surface area contributed by atoms with Gasteiger partial charge >= 0.3 is 6.18 Å². The molecule has 0 amide bonds. The van der Waals surface area contributed by atoms with Crippen molar-refractivity contribution in [2.45, 2.75) is 13.1 Å². The summed E-state index contributed by atoms with van der Waals surface area (Å²) in [6.45, 7) is 7.11. The number of aromatic nitrogens is 4. The number of rotatable bonds is 3. The monoisotopic (exact) mass is 409 g/mol. The van der Waals surface area contributed by atoms with Gasteiger partial charge in [-0.05, 0) is 6.92 Å². The lowest BCUT2D eigenvalue weighted by atomic mass is 10.2. The summed E-state index contributed by atoms with van der Waals surface area (Å²) in [6, 6.07) is 2.94. The number of anilines is 3. The Morgan fingerprint density at radius 1 is 0.828 bits per heavy atom. The van der Waals surface area contributed by atoms with Crippen molar-refractivity contribution < 1.29 is 17.9 Å². The van der Waals surface area contributed by atoms with E-state index in [1.807, 2.05) is 17.9 Å². The minimum Gasteiger partial charge on any atom is -0.378 e. The molecular formula is C18H22F3N7O. The molecule has 0 N–H and O–H groups in total. The van der Waals surface area contributed by atoms with Crippen molar-refractivity contribution >= 4 is 17.6 Å². The third-order valence-corrected chi connectivity index (χ3v) is 4.99. The second-order valence-corrected chi connectivity index (χ2v) is 7.00. The van der Waals surface area contributed by atoms with Crippen molar-refractivity contribution in [1.29, 1.82) is 0 Å². The minimum atomic E-state index is -4.48. The number of nitrogens with zero attached hydrogens (tertiary/aromatic N) is 7. The first-order chi connectivity index (χ1) is 13.9. The maximum atomic E-state index is 12.9. The van der Waals surface area contributed by atoms with Crippen molar-refractivity contribution in [3.63, 3.8) is 0 Å². The maximum absolute atomic E-state index is 12.9. The number of halogens is 3. The Morgan fingerprint density at radius 2 is 1.48 bits per heavy atom. The molecular weight excluding hydrogens is 387 g/mol. The Bertz CT molecular complexity index is 850. The van der Waals surface area contributed by atoms with Crippen LogP contribution in [-0.2, 0) is 10.9 Å². The number of hydrogen-bond acceptors (Lipinski definition) is 8. The van der Waals surface area contributed by atoms with Gasteiger partial charge in [-0.15, -0.1) is 0 Å². The van der Waals surface area contributed by atoms with Crippen molar-refractivity contribution in [3.05, 3.63) is 29.8 Å². The fraction of sp³-hybridized carbons (Fsp3) is 0.556. The SMILES string of the molecule is Cc1cc(N2CCN(c3cc(C(F)(F)F)ncn3)CC2)nc(N2CCOCC2)n1. The normalized spacial score (nSPS) is 18.3. The average molecular weight is 409 g/mol. The molecule has 0 spiro atoms. The van der Waals surface area contributed by atoms with Gasteiger partial charge in [0.1, 0.15) is 23.7 Å². The average Bonchev–Trinajstić information content (AvgIpc) is 2.73. The molecule has 0 aliphatic carbocycles. The van der Waals surface area contributed by atoms with Crippen LogP contribution in [0.15, 0.2) is 18.5 Å². The summed E-state index contributed by atoms with van der Waals surface area (Å²) in [4.78, 5) is 22.7. The highest BCUT2D eigenvalue weighted by molar-refractivity contribution is 5.49. The summed E-state index contributed by atoms with van der Waals surface area (Å²) in [5, 5.41) is 0. The summed E-state index contributed by atoms with van der Waals surface area (Å²) < 4.78 is 44.1. The van der Waals surface area contributed by atoms with Crippen molar-refractivity contribution in [3.8, 4) is 0 Å². The summed E-state index contributed by atoms with van der Waals surface area (Å²) >= 11 is 0. The zero-order valence-electron chi connectivity index (χ0n) is 16.1. The lowest BCUT2D eigenvalue weighted by molar-refractivity contribution is -0.141. The Kier molecular flexibility index (Phi) is 5.39. The van der Waals surface area contributed by atoms with Crippen molar-refractivity contribution in [2.75, 3.05) is 67.2 Å². The van der Waals surface area contributed by atoms with Crippen LogP contribution < -0.4 is 14.7 Å². The molecule has 11 heteroatoms. The second kappa shape index (κ2) is 7.97. The number of morpholine rings is 1. The van der Waals surface area contributed by atoms with Gasteiger partial charge in [0.25, 0.3) is 0 Å². The van der Waals surface area contributed by atoms with Crippen LogP contribution >= 0.6 is 0 Å².